The average Bonchev–Trinajstić information content (AvgIpc) is 3.40. The van der Waals surface area contributed by atoms with Crippen molar-refractivity contribution in [2.24, 2.45) is 0 Å². The Bertz CT molecular complexity index is 1210. The minimum Gasteiger partial charge on any atom is -0.319 e. The van der Waals surface area contributed by atoms with Gasteiger partial charge in [-0.15, -0.1) is 0 Å². The molecule has 1 amide bonds. The molecule has 31 heavy (non-hydrogen) atoms. The molecule has 2 aromatic heterocycles. The fraction of sp³-hybridized carbons (Fsp3) is 0.136. The fourth-order valence-corrected chi connectivity index (χ4v) is 3.08. The molecule has 0 aliphatic heterocycles. The molecule has 0 bridgehead atoms. The summed E-state index contributed by atoms with van der Waals surface area (Å²) in [6.07, 6.45) is 5.98. The smallest absolute Gasteiger partial charge is 0.307 e. The highest BCUT2D eigenvalue weighted by Crippen LogP contribution is 2.13. The van der Waals surface area contributed by atoms with Crippen LogP contribution in [0, 0.1) is 17.0 Å². The van der Waals surface area contributed by atoms with E-state index >= 15 is 0 Å². The number of hydrogen-bond acceptors (Lipinski definition) is 5. The predicted molar refractivity (Wildman–Crippen MR) is 115 cm³/mol. The number of amides is 1. The van der Waals surface area contributed by atoms with Gasteiger partial charge in [-0.2, -0.15) is 10.2 Å². The molecule has 1 N–H and O–H groups in total. The molecule has 4 aromatic rings. The first-order valence-corrected chi connectivity index (χ1v) is 9.61. The fourth-order valence-electron chi connectivity index (χ4n) is 3.08. The van der Waals surface area contributed by atoms with Crippen molar-refractivity contribution in [2.45, 2.75) is 20.0 Å². The van der Waals surface area contributed by atoms with Crippen LogP contribution < -0.4 is 5.32 Å². The third kappa shape index (κ3) is 5.02. The van der Waals surface area contributed by atoms with Gasteiger partial charge in [-0.05, 0) is 30.2 Å². The Morgan fingerprint density at radius 2 is 1.52 bits per heavy atom. The molecular weight excluding hydrogens is 396 g/mol. The van der Waals surface area contributed by atoms with E-state index in [2.05, 4.69) is 39.8 Å². The van der Waals surface area contributed by atoms with Crippen LogP contribution >= 0.6 is 0 Å². The van der Waals surface area contributed by atoms with Crippen molar-refractivity contribution in [3.63, 3.8) is 0 Å². The van der Waals surface area contributed by atoms with E-state index in [1.54, 1.807) is 41.3 Å². The van der Waals surface area contributed by atoms with E-state index < -0.39 is 4.92 Å². The molecule has 0 radical (unpaired) electrons. The maximum atomic E-state index is 12.5. The van der Waals surface area contributed by atoms with Crippen molar-refractivity contribution >= 4 is 17.3 Å². The number of aryl methyl sites for hydroxylation is 1. The topological polar surface area (TPSA) is 108 Å². The molecular formula is C22H20N6O3. The number of nitro groups is 1. The molecule has 156 valence electrons. The minimum absolute atomic E-state index is 0.0566. The van der Waals surface area contributed by atoms with Crippen molar-refractivity contribution in [1.29, 1.82) is 0 Å². The minimum atomic E-state index is -0.486. The van der Waals surface area contributed by atoms with Gasteiger partial charge in [0.2, 0.25) is 0 Å². The van der Waals surface area contributed by atoms with E-state index in [9.17, 15) is 14.9 Å². The van der Waals surface area contributed by atoms with E-state index in [1.807, 2.05) is 6.92 Å². The van der Waals surface area contributed by atoms with Gasteiger partial charge in [0.05, 0.1) is 29.9 Å². The van der Waals surface area contributed by atoms with Crippen LogP contribution in [-0.2, 0) is 13.1 Å². The number of rotatable bonds is 7. The van der Waals surface area contributed by atoms with Crippen LogP contribution in [0.1, 0.15) is 27.0 Å². The van der Waals surface area contributed by atoms with Crippen LogP contribution in [0.4, 0.5) is 11.4 Å². The van der Waals surface area contributed by atoms with Gasteiger partial charge in [0.1, 0.15) is 12.4 Å². The summed E-state index contributed by atoms with van der Waals surface area (Å²) in [6, 6.07) is 15.2. The maximum Gasteiger partial charge on any atom is 0.307 e. The highest BCUT2D eigenvalue weighted by atomic mass is 16.6. The Morgan fingerprint density at radius 1 is 0.935 bits per heavy atom. The lowest BCUT2D eigenvalue weighted by Gasteiger charge is -2.05. The van der Waals surface area contributed by atoms with Gasteiger partial charge in [0.25, 0.3) is 5.91 Å². The lowest BCUT2D eigenvalue weighted by Crippen LogP contribution is -2.11. The molecule has 0 fully saturated rings. The van der Waals surface area contributed by atoms with Crippen molar-refractivity contribution in [2.75, 3.05) is 5.32 Å². The second-order valence-electron chi connectivity index (χ2n) is 7.22. The molecule has 2 heterocycles. The molecule has 9 nitrogen and oxygen atoms in total. The summed E-state index contributed by atoms with van der Waals surface area (Å²) >= 11 is 0. The monoisotopic (exact) mass is 416 g/mol. The van der Waals surface area contributed by atoms with Gasteiger partial charge in [-0.1, -0.05) is 42.0 Å². The average molecular weight is 416 g/mol. The number of anilines is 1. The Balaban J connectivity index is 1.35. The summed E-state index contributed by atoms with van der Waals surface area (Å²) in [7, 11) is 0. The van der Waals surface area contributed by atoms with Crippen LogP contribution in [0.5, 0.6) is 0 Å². The lowest BCUT2D eigenvalue weighted by molar-refractivity contribution is -0.385. The highest BCUT2D eigenvalue weighted by molar-refractivity contribution is 6.04. The summed E-state index contributed by atoms with van der Waals surface area (Å²) < 4.78 is 3.25. The zero-order chi connectivity index (χ0) is 21.8. The summed E-state index contributed by atoms with van der Waals surface area (Å²) in [4.78, 5) is 22.8. The van der Waals surface area contributed by atoms with E-state index in [4.69, 9.17) is 0 Å². The molecule has 0 saturated heterocycles. The predicted octanol–water partition coefficient (Wildman–Crippen LogP) is 3.65. The van der Waals surface area contributed by atoms with Crippen molar-refractivity contribution in [3.05, 3.63) is 106 Å². The molecule has 0 unspecified atom stereocenters. The van der Waals surface area contributed by atoms with Gasteiger partial charge >= 0.3 is 5.69 Å². The molecule has 2 aromatic carbocycles. The van der Waals surface area contributed by atoms with Gasteiger partial charge in [0.15, 0.2) is 0 Å². The first-order valence-electron chi connectivity index (χ1n) is 9.61. The van der Waals surface area contributed by atoms with Crippen molar-refractivity contribution in [1.82, 2.24) is 19.6 Å². The normalized spacial score (nSPS) is 10.7. The largest absolute Gasteiger partial charge is 0.319 e. The lowest BCUT2D eigenvalue weighted by atomic mass is 10.1. The number of nitrogens with zero attached hydrogens (tertiary/aromatic N) is 5. The Labute approximate surface area is 178 Å². The van der Waals surface area contributed by atoms with Crippen LogP contribution in [-0.4, -0.2) is 30.4 Å². The van der Waals surface area contributed by atoms with E-state index in [0.29, 0.717) is 24.3 Å². The van der Waals surface area contributed by atoms with Crippen molar-refractivity contribution < 1.29 is 9.72 Å². The number of carbonyl (C=O) groups is 1. The first kappa shape index (κ1) is 20.0. The third-order valence-electron chi connectivity index (χ3n) is 4.75. The van der Waals surface area contributed by atoms with Crippen LogP contribution in [0.2, 0.25) is 0 Å². The molecule has 9 heteroatoms. The molecule has 0 aliphatic rings. The summed E-state index contributed by atoms with van der Waals surface area (Å²) in [5.74, 6) is -0.240. The zero-order valence-electron chi connectivity index (χ0n) is 16.8. The summed E-state index contributed by atoms with van der Waals surface area (Å²) in [5, 5.41) is 21.9. The molecule has 0 spiro atoms. The molecule has 0 aliphatic carbocycles. The highest BCUT2D eigenvalue weighted by Gasteiger charge is 2.11. The standard InChI is InChI=1S/C22H20N6O3/c1-16-2-4-17(5-3-16)12-26-14-20(10-23-26)25-22(29)19-8-6-18(7-9-19)13-27-15-21(11-24-27)28(30)31/h2-11,14-15H,12-13H2,1H3,(H,25,29). The molecule has 0 saturated carbocycles. The Morgan fingerprint density at radius 3 is 2.13 bits per heavy atom. The first-order chi connectivity index (χ1) is 15.0. The van der Waals surface area contributed by atoms with Gasteiger partial charge in [-0.25, -0.2) is 0 Å². The maximum absolute atomic E-state index is 12.5. The zero-order valence-corrected chi connectivity index (χ0v) is 16.8. The second-order valence-corrected chi connectivity index (χ2v) is 7.22. The number of nitrogens with one attached hydrogen (secondary N) is 1. The number of aromatic nitrogens is 4. The third-order valence-corrected chi connectivity index (χ3v) is 4.75. The van der Waals surface area contributed by atoms with Crippen molar-refractivity contribution in [3.8, 4) is 0 Å². The second kappa shape index (κ2) is 8.62. The van der Waals surface area contributed by atoms with E-state index in [0.717, 1.165) is 11.1 Å². The quantitative estimate of drug-likeness (QED) is 0.365. The summed E-state index contributed by atoms with van der Waals surface area (Å²) in [5.41, 5.74) is 4.27. The Hall–Kier alpha value is -4.27. The Kier molecular flexibility index (Phi) is 5.57. The van der Waals surface area contributed by atoms with Crippen LogP contribution in [0.15, 0.2) is 73.3 Å². The van der Waals surface area contributed by atoms with Gasteiger partial charge < -0.3 is 5.32 Å². The summed E-state index contributed by atoms with van der Waals surface area (Å²) in [6.45, 7) is 3.04. The molecule has 4 rings (SSSR count). The number of carbonyl (C=O) groups excluding carboxylic acids is 1. The number of benzene rings is 2. The van der Waals surface area contributed by atoms with Crippen LogP contribution in [0.3, 0.4) is 0 Å². The van der Waals surface area contributed by atoms with Gasteiger partial charge in [0, 0.05) is 11.8 Å². The number of hydrogen-bond donors (Lipinski definition) is 1. The van der Waals surface area contributed by atoms with E-state index in [1.165, 1.54) is 22.6 Å². The SMILES string of the molecule is Cc1ccc(Cn2cc(NC(=O)c3ccc(Cn4cc([N+](=O)[O-])cn4)cc3)cn2)cc1. The molecule has 0 atom stereocenters. The van der Waals surface area contributed by atoms with Crippen LogP contribution in [0.25, 0.3) is 0 Å². The van der Waals surface area contributed by atoms with Gasteiger partial charge in [-0.3, -0.25) is 24.3 Å². The van der Waals surface area contributed by atoms with E-state index in [-0.39, 0.29) is 11.6 Å².